The minimum atomic E-state index is -0.251. The van der Waals surface area contributed by atoms with Gasteiger partial charge in [-0.15, -0.1) is 0 Å². The molecule has 0 aromatic heterocycles. The number of nitrogens with one attached hydrogen (secondary N) is 2. The van der Waals surface area contributed by atoms with Gasteiger partial charge in [-0.05, 0) is 48.0 Å². The molecule has 0 saturated carbocycles. The largest absolute Gasteiger partial charge is 0.397 e. The second-order valence-corrected chi connectivity index (χ2v) is 7.36. The highest BCUT2D eigenvalue weighted by Gasteiger charge is 2.15. The van der Waals surface area contributed by atoms with Crippen molar-refractivity contribution in [3.05, 3.63) is 83.7 Å². The molecule has 0 spiro atoms. The van der Waals surface area contributed by atoms with Gasteiger partial charge in [0.15, 0.2) is 0 Å². The summed E-state index contributed by atoms with van der Waals surface area (Å²) in [4.78, 5) is 14.4. The lowest BCUT2D eigenvalue weighted by Crippen LogP contribution is -2.36. The Hall–Kier alpha value is -3.58. The molecule has 1 aliphatic heterocycles. The number of amides is 1. The number of ether oxygens (including phenoxy) is 1. The Morgan fingerprint density at radius 3 is 2.48 bits per heavy atom. The van der Waals surface area contributed by atoms with Crippen molar-refractivity contribution in [1.29, 1.82) is 0 Å². The standard InChI is InChI=1S/C24H25FN4O2/c25-20-15-19(9-10-23(20)29-11-13-31-14-12-29)27-16-17-5-7-18(8-6-17)24(30)28-22-4-2-1-3-21(22)26/h1-10,15,27H,11-14,16,26H2,(H,28,30). The fourth-order valence-corrected chi connectivity index (χ4v) is 3.46. The maximum Gasteiger partial charge on any atom is 0.255 e. The van der Waals surface area contributed by atoms with Crippen molar-refractivity contribution in [3.8, 4) is 0 Å². The Morgan fingerprint density at radius 1 is 1.03 bits per heavy atom. The number of nitrogen functional groups attached to an aromatic ring is 1. The molecular weight excluding hydrogens is 395 g/mol. The van der Waals surface area contributed by atoms with Crippen molar-refractivity contribution in [3.63, 3.8) is 0 Å². The molecule has 4 rings (SSSR count). The van der Waals surface area contributed by atoms with Crippen LogP contribution in [0.3, 0.4) is 0 Å². The van der Waals surface area contributed by atoms with Gasteiger partial charge in [0.05, 0.1) is 30.3 Å². The lowest BCUT2D eigenvalue weighted by Gasteiger charge is -2.29. The molecule has 7 heteroatoms. The molecule has 0 aliphatic carbocycles. The monoisotopic (exact) mass is 420 g/mol. The van der Waals surface area contributed by atoms with Crippen LogP contribution < -0.4 is 21.3 Å². The predicted octanol–water partition coefficient (Wildman–Crippen LogP) is 4.11. The third kappa shape index (κ3) is 5.13. The van der Waals surface area contributed by atoms with E-state index in [1.54, 1.807) is 30.3 Å². The first-order valence-corrected chi connectivity index (χ1v) is 10.2. The molecule has 160 valence electrons. The van der Waals surface area contributed by atoms with Crippen molar-refractivity contribution in [1.82, 2.24) is 0 Å². The van der Waals surface area contributed by atoms with Crippen LogP contribution >= 0.6 is 0 Å². The number of carbonyl (C=O) groups is 1. The number of morpholine rings is 1. The first-order valence-electron chi connectivity index (χ1n) is 10.2. The zero-order valence-electron chi connectivity index (χ0n) is 17.1. The average molecular weight is 420 g/mol. The van der Waals surface area contributed by atoms with Crippen molar-refractivity contribution < 1.29 is 13.9 Å². The van der Waals surface area contributed by atoms with Crippen LogP contribution in [0, 0.1) is 5.82 Å². The summed E-state index contributed by atoms with van der Waals surface area (Å²) in [6.45, 7) is 3.14. The quantitative estimate of drug-likeness (QED) is 0.523. The molecule has 1 aliphatic rings. The number of carbonyl (C=O) groups excluding carboxylic acids is 1. The molecule has 1 amide bonds. The first-order chi connectivity index (χ1) is 15.1. The van der Waals surface area contributed by atoms with Crippen molar-refractivity contribution >= 4 is 28.7 Å². The molecule has 3 aromatic carbocycles. The number of anilines is 4. The minimum absolute atomic E-state index is 0.224. The minimum Gasteiger partial charge on any atom is -0.397 e. The van der Waals surface area contributed by atoms with E-state index in [2.05, 4.69) is 10.6 Å². The zero-order valence-corrected chi connectivity index (χ0v) is 17.1. The summed E-state index contributed by atoms with van der Waals surface area (Å²) in [5.41, 5.74) is 9.79. The van der Waals surface area contributed by atoms with Gasteiger partial charge >= 0.3 is 0 Å². The van der Waals surface area contributed by atoms with Crippen LogP contribution in [0.25, 0.3) is 0 Å². The van der Waals surface area contributed by atoms with Gasteiger partial charge < -0.3 is 26.0 Å². The van der Waals surface area contributed by atoms with Gasteiger partial charge in [0, 0.05) is 30.9 Å². The van der Waals surface area contributed by atoms with E-state index in [4.69, 9.17) is 10.5 Å². The zero-order chi connectivity index (χ0) is 21.6. The molecule has 4 N–H and O–H groups in total. The Morgan fingerprint density at radius 2 is 1.77 bits per heavy atom. The Balaban J connectivity index is 1.34. The average Bonchev–Trinajstić information content (AvgIpc) is 2.80. The predicted molar refractivity (Wildman–Crippen MR) is 122 cm³/mol. The summed E-state index contributed by atoms with van der Waals surface area (Å²) in [6, 6.07) is 19.6. The second kappa shape index (κ2) is 9.49. The highest BCUT2D eigenvalue weighted by atomic mass is 19.1. The van der Waals surface area contributed by atoms with Crippen LogP contribution in [-0.4, -0.2) is 32.2 Å². The summed E-state index contributed by atoms with van der Waals surface area (Å²) in [5.74, 6) is -0.475. The highest BCUT2D eigenvalue weighted by molar-refractivity contribution is 6.05. The SMILES string of the molecule is Nc1ccccc1NC(=O)c1ccc(CNc2ccc(N3CCOCC3)c(F)c2)cc1. The van der Waals surface area contributed by atoms with Gasteiger partial charge in [0.25, 0.3) is 5.91 Å². The number of nitrogens with two attached hydrogens (primary N) is 1. The summed E-state index contributed by atoms with van der Waals surface area (Å²) in [7, 11) is 0. The third-order valence-electron chi connectivity index (χ3n) is 5.22. The highest BCUT2D eigenvalue weighted by Crippen LogP contribution is 2.24. The van der Waals surface area contributed by atoms with Crippen LogP contribution in [0.5, 0.6) is 0 Å². The van der Waals surface area contributed by atoms with Crippen molar-refractivity contribution in [2.45, 2.75) is 6.54 Å². The summed E-state index contributed by atoms with van der Waals surface area (Å²) in [5, 5.41) is 6.04. The van der Waals surface area contributed by atoms with Gasteiger partial charge in [-0.2, -0.15) is 0 Å². The van der Waals surface area contributed by atoms with E-state index in [0.717, 1.165) is 5.56 Å². The van der Waals surface area contributed by atoms with Gasteiger partial charge in [0.2, 0.25) is 0 Å². The van der Waals surface area contributed by atoms with E-state index in [-0.39, 0.29) is 11.7 Å². The molecule has 1 heterocycles. The van der Waals surface area contributed by atoms with Crippen molar-refractivity contribution in [2.24, 2.45) is 0 Å². The van der Waals surface area contributed by atoms with Crippen LogP contribution in [0.4, 0.5) is 27.1 Å². The Bertz CT molecular complexity index is 1050. The molecule has 0 radical (unpaired) electrons. The van der Waals surface area contributed by atoms with E-state index in [0.29, 0.717) is 61.2 Å². The van der Waals surface area contributed by atoms with E-state index in [1.807, 2.05) is 35.2 Å². The molecule has 1 saturated heterocycles. The van der Waals surface area contributed by atoms with E-state index < -0.39 is 0 Å². The third-order valence-corrected chi connectivity index (χ3v) is 5.22. The number of hydrogen-bond donors (Lipinski definition) is 3. The summed E-state index contributed by atoms with van der Waals surface area (Å²) in [6.07, 6.45) is 0. The fraction of sp³-hybridized carbons (Fsp3) is 0.208. The first kappa shape index (κ1) is 20.7. The molecule has 6 nitrogen and oxygen atoms in total. The maximum absolute atomic E-state index is 14.5. The van der Waals surface area contributed by atoms with Gasteiger partial charge in [-0.3, -0.25) is 4.79 Å². The molecular formula is C24H25FN4O2. The van der Waals surface area contributed by atoms with Crippen LogP contribution in [0.1, 0.15) is 15.9 Å². The number of benzene rings is 3. The van der Waals surface area contributed by atoms with Crippen molar-refractivity contribution in [2.75, 3.05) is 47.6 Å². The second-order valence-electron chi connectivity index (χ2n) is 7.36. The summed E-state index contributed by atoms with van der Waals surface area (Å²) >= 11 is 0. The van der Waals surface area contributed by atoms with Gasteiger partial charge in [-0.25, -0.2) is 4.39 Å². The van der Waals surface area contributed by atoms with Crippen LogP contribution in [-0.2, 0) is 11.3 Å². The Labute approximate surface area is 180 Å². The summed E-state index contributed by atoms with van der Waals surface area (Å²) < 4.78 is 19.9. The molecule has 3 aromatic rings. The number of hydrogen-bond acceptors (Lipinski definition) is 5. The molecule has 0 bridgehead atoms. The van der Waals surface area contributed by atoms with Crippen LogP contribution in [0.15, 0.2) is 66.7 Å². The number of rotatable bonds is 6. The van der Waals surface area contributed by atoms with Gasteiger partial charge in [0.1, 0.15) is 5.82 Å². The molecule has 0 atom stereocenters. The fourth-order valence-electron chi connectivity index (χ4n) is 3.46. The lowest BCUT2D eigenvalue weighted by atomic mass is 10.1. The topological polar surface area (TPSA) is 79.6 Å². The number of nitrogens with zero attached hydrogens (tertiary/aromatic N) is 1. The van der Waals surface area contributed by atoms with E-state index in [1.165, 1.54) is 6.07 Å². The van der Waals surface area contributed by atoms with E-state index >= 15 is 0 Å². The normalized spacial score (nSPS) is 13.6. The Kier molecular flexibility index (Phi) is 6.33. The smallest absolute Gasteiger partial charge is 0.255 e. The molecule has 1 fully saturated rings. The number of halogens is 1. The molecule has 0 unspecified atom stereocenters. The maximum atomic E-state index is 14.5. The lowest BCUT2D eigenvalue weighted by molar-refractivity contribution is 0.102. The molecule has 31 heavy (non-hydrogen) atoms. The van der Waals surface area contributed by atoms with Crippen LogP contribution in [0.2, 0.25) is 0 Å². The van der Waals surface area contributed by atoms with Gasteiger partial charge in [-0.1, -0.05) is 24.3 Å². The number of para-hydroxylation sites is 2. The van der Waals surface area contributed by atoms with E-state index in [9.17, 15) is 9.18 Å².